The zero-order chi connectivity index (χ0) is 9.68. The van der Waals surface area contributed by atoms with Gasteiger partial charge in [0, 0.05) is 20.2 Å². The molecule has 76 valence electrons. The van der Waals surface area contributed by atoms with Crippen LogP contribution in [0.3, 0.4) is 0 Å². The fourth-order valence-electron chi connectivity index (χ4n) is 1.61. The average Bonchev–Trinajstić information content (AvgIpc) is 2.15. The van der Waals surface area contributed by atoms with E-state index in [2.05, 4.69) is 6.92 Å². The summed E-state index contributed by atoms with van der Waals surface area (Å²) >= 11 is 0. The lowest BCUT2D eigenvalue weighted by Crippen LogP contribution is -2.38. The van der Waals surface area contributed by atoms with Crippen LogP contribution >= 0.6 is 0 Å². The topological polar surface area (TPSA) is 29.5 Å². The van der Waals surface area contributed by atoms with Gasteiger partial charge in [0.15, 0.2) is 0 Å². The van der Waals surface area contributed by atoms with Gasteiger partial charge in [0.25, 0.3) is 0 Å². The molecule has 1 fully saturated rings. The highest BCUT2D eigenvalue weighted by molar-refractivity contribution is 5.76. The van der Waals surface area contributed by atoms with Gasteiger partial charge in [0.2, 0.25) is 5.91 Å². The minimum absolute atomic E-state index is 0.244. The Hall–Kier alpha value is -0.570. The molecule has 1 heterocycles. The third-order valence-corrected chi connectivity index (χ3v) is 2.66. The van der Waals surface area contributed by atoms with Gasteiger partial charge >= 0.3 is 0 Å². The molecule has 3 heteroatoms. The van der Waals surface area contributed by atoms with Crippen molar-refractivity contribution in [2.45, 2.75) is 26.2 Å². The summed E-state index contributed by atoms with van der Waals surface area (Å²) in [6.45, 7) is 4.66. The zero-order valence-electron chi connectivity index (χ0n) is 8.58. The van der Waals surface area contributed by atoms with E-state index in [0.717, 1.165) is 31.8 Å². The van der Waals surface area contributed by atoms with Crippen molar-refractivity contribution in [3.63, 3.8) is 0 Å². The van der Waals surface area contributed by atoms with Gasteiger partial charge in [-0.15, -0.1) is 0 Å². The van der Waals surface area contributed by atoms with Gasteiger partial charge < -0.3 is 9.64 Å². The minimum atomic E-state index is 0.244. The first-order chi connectivity index (χ1) is 6.24. The van der Waals surface area contributed by atoms with Gasteiger partial charge in [0.05, 0.1) is 13.0 Å². The molecule has 3 nitrogen and oxygen atoms in total. The Morgan fingerprint density at radius 1 is 1.46 bits per heavy atom. The second-order valence-corrected chi connectivity index (χ2v) is 3.81. The molecular formula is C10H19NO2. The zero-order valence-corrected chi connectivity index (χ0v) is 8.58. The van der Waals surface area contributed by atoms with E-state index in [1.807, 2.05) is 4.90 Å². The summed E-state index contributed by atoms with van der Waals surface area (Å²) in [6.07, 6.45) is 2.84. The fraction of sp³-hybridized carbons (Fsp3) is 0.900. The third kappa shape index (κ3) is 3.35. The number of carbonyl (C=O) groups excluding carboxylic acids is 1. The number of hydrogen-bond donors (Lipinski definition) is 0. The largest absolute Gasteiger partial charge is 0.384 e. The van der Waals surface area contributed by atoms with E-state index in [9.17, 15) is 4.79 Å². The smallest absolute Gasteiger partial charge is 0.224 e. The van der Waals surface area contributed by atoms with E-state index in [4.69, 9.17) is 4.74 Å². The van der Waals surface area contributed by atoms with Crippen molar-refractivity contribution in [3.05, 3.63) is 0 Å². The molecule has 1 rings (SSSR count). The van der Waals surface area contributed by atoms with Crippen LogP contribution in [0.1, 0.15) is 26.2 Å². The highest BCUT2D eigenvalue weighted by Crippen LogP contribution is 2.16. The number of nitrogens with zero attached hydrogens (tertiary/aromatic N) is 1. The van der Waals surface area contributed by atoms with Crippen molar-refractivity contribution in [2.24, 2.45) is 5.92 Å². The van der Waals surface area contributed by atoms with Gasteiger partial charge in [-0.05, 0) is 18.8 Å². The Bertz CT molecular complexity index is 162. The van der Waals surface area contributed by atoms with Gasteiger partial charge in [-0.3, -0.25) is 4.79 Å². The maximum absolute atomic E-state index is 11.5. The van der Waals surface area contributed by atoms with E-state index < -0.39 is 0 Å². The number of rotatable bonds is 3. The van der Waals surface area contributed by atoms with Crippen molar-refractivity contribution < 1.29 is 9.53 Å². The predicted octanol–water partition coefficient (Wildman–Crippen LogP) is 1.28. The summed E-state index contributed by atoms with van der Waals surface area (Å²) in [4.78, 5) is 13.5. The number of piperidine rings is 1. The molecule has 0 aliphatic carbocycles. The van der Waals surface area contributed by atoms with Crippen LogP contribution in [0.25, 0.3) is 0 Å². The maximum Gasteiger partial charge on any atom is 0.224 e. The molecule has 0 bridgehead atoms. The standard InChI is InChI=1S/C10H19NO2/c1-9-3-6-11(7-4-9)10(12)5-8-13-2/h9H,3-8H2,1-2H3. The first kappa shape index (κ1) is 10.5. The Labute approximate surface area is 80.1 Å². The Morgan fingerprint density at radius 3 is 2.62 bits per heavy atom. The average molecular weight is 185 g/mol. The molecule has 1 aliphatic rings. The molecule has 13 heavy (non-hydrogen) atoms. The normalized spacial score (nSPS) is 19.1. The lowest BCUT2D eigenvalue weighted by molar-refractivity contribution is -0.133. The van der Waals surface area contributed by atoms with Gasteiger partial charge in [-0.25, -0.2) is 0 Å². The Balaban J connectivity index is 2.23. The van der Waals surface area contributed by atoms with Crippen LogP contribution in [0.15, 0.2) is 0 Å². The highest BCUT2D eigenvalue weighted by atomic mass is 16.5. The van der Waals surface area contributed by atoms with Crippen molar-refractivity contribution in [1.82, 2.24) is 4.90 Å². The van der Waals surface area contributed by atoms with Gasteiger partial charge in [0.1, 0.15) is 0 Å². The molecule has 1 aliphatic heterocycles. The minimum Gasteiger partial charge on any atom is -0.384 e. The molecule has 0 unspecified atom stereocenters. The van der Waals surface area contributed by atoms with E-state index in [1.165, 1.54) is 0 Å². The lowest BCUT2D eigenvalue weighted by atomic mass is 9.99. The van der Waals surface area contributed by atoms with Crippen molar-refractivity contribution >= 4 is 5.91 Å². The number of ether oxygens (including phenoxy) is 1. The maximum atomic E-state index is 11.5. The van der Waals surface area contributed by atoms with Gasteiger partial charge in [-0.1, -0.05) is 6.92 Å². The van der Waals surface area contributed by atoms with Crippen LogP contribution in [0.5, 0.6) is 0 Å². The Kier molecular flexibility index (Phi) is 4.22. The van der Waals surface area contributed by atoms with Crippen molar-refractivity contribution in [1.29, 1.82) is 0 Å². The van der Waals surface area contributed by atoms with Crippen LogP contribution in [0, 0.1) is 5.92 Å². The van der Waals surface area contributed by atoms with Crippen LogP contribution in [0.2, 0.25) is 0 Å². The second-order valence-electron chi connectivity index (χ2n) is 3.81. The molecule has 0 spiro atoms. The molecule has 1 amide bonds. The molecule has 1 saturated heterocycles. The fourth-order valence-corrected chi connectivity index (χ4v) is 1.61. The van der Waals surface area contributed by atoms with Crippen molar-refractivity contribution in [2.75, 3.05) is 26.8 Å². The summed E-state index contributed by atoms with van der Waals surface area (Å²) in [6, 6.07) is 0. The molecule has 0 aromatic rings. The molecule has 0 saturated carbocycles. The summed E-state index contributed by atoms with van der Waals surface area (Å²) in [5.74, 6) is 1.03. The Morgan fingerprint density at radius 2 is 2.08 bits per heavy atom. The molecular weight excluding hydrogens is 166 g/mol. The molecule has 0 N–H and O–H groups in total. The molecule has 0 atom stereocenters. The second kappa shape index (κ2) is 5.22. The monoisotopic (exact) mass is 185 g/mol. The van der Waals surface area contributed by atoms with Crippen molar-refractivity contribution in [3.8, 4) is 0 Å². The van der Waals surface area contributed by atoms with E-state index in [1.54, 1.807) is 7.11 Å². The van der Waals surface area contributed by atoms with Crippen LogP contribution in [0.4, 0.5) is 0 Å². The predicted molar refractivity (Wildman–Crippen MR) is 51.5 cm³/mol. The lowest BCUT2D eigenvalue weighted by Gasteiger charge is -2.30. The molecule has 0 aromatic heterocycles. The van der Waals surface area contributed by atoms with Crippen LogP contribution in [-0.2, 0) is 9.53 Å². The molecule has 0 radical (unpaired) electrons. The number of methoxy groups -OCH3 is 1. The first-order valence-electron chi connectivity index (χ1n) is 5.00. The highest BCUT2D eigenvalue weighted by Gasteiger charge is 2.19. The summed E-state index contributed by atoms with van der Waals surface area (Å²) < 4.78 is 4.88. The quantitative estimate of drug-likeness (QED) is 0.663. The number of hydrogen-bond acceptors (Lipinski definition) is 2. The third-order valence-electron chi connectivity index (χ3n) is 2.66. The first-order valence-corrected chi connectivity index (χ1v) is 5.00. The number of carbonyl (C=O) groups is 1. The number of amides is 1. The van der Waals surface area contributed by atoms with E-state index >= 15 is 0 Å². The van der Waals surface area contributed by atoms with Crippen LogP contribution < -0.4 is 0 Å². The SMILES string of the molecule is COCCC(=O)N1CCC(C)CC1. The van der Waals surface area contributed by atoms with Crippen LogP contribution in [-0.4, -0.2) is 37.6 Å². The van der Waals surface area contributed by atoms with E-state index in [-0.39, 0.29) is 5.91 Å². The number of likely N-dealkylation sites (tertiary alicyclic amines) is 1. The van der Waals surface area contributed by atoms with Gasteiger partial charge in [-0.2, -0.15) is 0 Å². The molecule has 0 aromatic carbocycles. The summed E-state index contributed by atoms with van der Waals surface area (Å²) in [5.41, 5.74) is 0. The summed E-state index contributed by atoms with van der Waals surface area (Å²) in [5, 5.41) is 0. The van der Waals surface area contributed by atoms with E-state index in [0.29, 0.717) is 13.0 Å². The summed E-state index contributed by atoms with van der Waals surface area (Å²) in [7, 11) is 1.63.